The van der Waals surface area contributed by atoms with Gasteiger partial charge < -0.3 is 11.1 Å². The average molecular weight is 264 g/mol. The molecule has 0 spiro atoms. The van der Waals surface area contributed by atoms with Gasteiger partial charge >= 0.3 is 0 Å². The molecule has 0 heterocycles. The van der Waals surface area contributed by atoms with Crippen LogP contribution in [0.15, 0.2) is 0 Å². The number of nitrogens with two attached hydrogens (primary N) is 1. The van der Waals surface area contributed by atoms with Crippen molar-refractivity contribution in [1.82, 2.24) is 5.32 Å². The van der Waals surface area contributed by atoms with Gasteiger partial charge in [-0.1, -0.05) is 19.8 Å². The number of carbonyl (C=O) groups is 1. The lowest BCUT2D eigenvalue weighted by Crippen LogP contribution is -2.48. The van der Waals surface area contributed by atoms with Crippen molar-refractivity contribution in [3.8, 4) is 0 Å². The van der Waals surface area contributed by atoms with Crippen molar-refractivity contribution >= 4 is 15.7 Å². The van der Waals surface area contributed by atoms with E-state index in [9.17, 15) is 13.2 Å². The molecule has 0 unspecified atom stereocenters. The van der Waals surface area contributed by atoms with Crippen molar-refractivity contribution in [2.24, 2.45) is 5.73 Å². The minimum Gasteiger partial charge on any atom is -0.353 e. The molecule has 0 aromatic carbocycles. The molecule has 102 valence electrons. The maximum Gasteiger partial charge on any atom is 0.236 e. The number of nitrogens with one attached hydrogen (secondary N) is 1. The molecule has 0 bridgehead atoms. The van der Waals surface area contributed by atoms with Crippen molar-refractivity contribution in [2.45, 2.75) is 50.8 Å². The van der Waals surface area contributed by atoms with Gasteiger partial charge in [0.25, 0.3) is 0 Å². The molecule has 0 aliphatic heterocycles. The number of carbonyl (C=O) groups excluding carboxylic acids is 1. The second-order valence-electron chi connectivity index (χ2n) is 5.00. The fourth-order valence-electron chi connectivity index (χ4n) is 1.12. The normalized spacial score (nSPS) is 14.4. The van der Waals surface area contributed by atoms with E-state index >= 15 is 0 Å². The van der Waals surface area contributed by atoms with Crippen LogP contribution in [-0.4, -0.2) is 37.9 Å². The first-order valence-corrected chi connectivity index (χ1v) is 7.74. The molecule has 0 aliphatic carbocycles. The third-order valence-corrected chi connectivity index (χ3v) is 5.05. The fourth-order valence-corrected chi connectivity index (χ4v) is 1.45. The van der Waals surface area contributed by atoms with Gasteiger partial charge in [0.05, 0.1) is 10.8 Å². The predicted molar refractivity (Wildman–Crippen MR) is 69.4 cm³/mol. The maximum absolute atomic E-state index is 11.6. The number of amides is 1. The van der Waals surface area contributed by atoms with Crippen LogP contribution in [0.4, 0.5) is 0 Å². The lowest BCUT2D eigenvalue weighted by atomic mass is 10.1. The summed E-state index contributed by atoms with van der Waals surface area (Å²) in [5.41, 5.74) is 5.68. The van der Waals surface area contributed by atoms with Gasteiger partial charge in [0.1, 0.15) is 0 Å². The van der Waals surface area contributed by atoms with Gasteiger partial charge in [-0.05, 0) is 20.3 Å². The molecule has 0 aromatic rings. The van der Waals surface area contributed by atoms with Gasteiger partial charge in [-0.15, -0.1) is 0 Å². The molecule has 3 N–H and O–H groups in total. The molecule has 1 atom stereocenters. The largest absolute Gasteiger partial charge is 0.353 e. The van der Waals surface area contributed by atoms with Gasteiger partial charge in [-0.25, -0.2) is 8.42 Å². The van der Waals surface area contributed by atoms with Gasteiger partial charge in [0.15, 0.2) is 9.84 Å². The van der Waals surface area contributed by atoms with Crippen LogP contribution in [-0.2, 0) is 14.6 Å². The Bertz CT molecular complexity index is 350. The minimum atomic E-state index is -3.20. The van der Waals surface area contributed by atoms with Crippen LogP contribution in [0.2, 0.25) is 0 Å². The van der Waals surface area contributed by atoms with Crippen molar-refractivity contribution in [2.75, 3.05) is 12.8 Å². The standard InChI is InChI=1S/C11H24N2O3S/c1-5-6-7-9(12)10(14)13-8-11(2,3)17(4,15)16/h9H,5-8,12H2,1-4H3,(H,13,14)/t9-/m0/s1. The van der Waals surface area contributed by atoms with Gasteiger partial charge in [-0.2, -0.15) is 0 Å². The lowest BCUT2D eigenvalue weighted by Gasteiger charge is -2.23. The van der Waals surface area contributed by atoms with Gasteiger partial charge in [0, 0.05) is 12.8 Å². The Morgan fingerprint density at radius 2 is 1.94 bits per heavy atom. The van der Waals surface area contributed by atoms with Crippen LogP contribution in [0, 0.1) is 0 Å². The van der Waals surface area contributed by atoms with Crippen molar-refractivity contribution in [3.63, 3.8) is 0 Å². The SMILES string of the molecule is CCCC[C@H](N)C(=O)NCC(C)(C)S(C)(=O)=O. The predicted octanol–water partition coefficient (Wildman–Crippen LogP) is 0.443. The molecular weight excluding hydrogens is 240 g/mol. The third kappa shape index (κ3) is 5.50. The fraction of sp³-hybridized carbons (Fsp3) is 0.909. The van der Waals surface area contributed by atoms with E-state index in [4.69, 9.17) is 5.73 Å². The van der Waals surface area contributed by atoms with E-state index in [-0.39, 0.29) is 12.5 Å². The number of rotatable bonds is 7. The first kappa shape index (κ1) is 16.4. The van der Waals surface area contributed by atoms with Crippen molar-refractivity contribution in [3.05, 3.63) is 0 Å². The molecule has 5 nitrogen and oxygen atoms in total. The Balaban J connectivity index is 4.25. The quantitative estimate of drug-likeness (QED) is 0.698. The summed E-state index contributed by atoms with van der Waals surface area (Å²) in [5, 5.41) is 2.60. The lowest BCUT2D eigenvalue weighted by molar-refractivity contribution is -0.122. The minimum absolute atomic E-state index is 0.0878. The molecule has 0 saturated heterocycles. The summed E-state index contributed by atoms with van der Waals surface area (Å²) in [5.74, 6) is -0.282. The van der Waals surface area contributed by atoms with E-state index in [1.54, 1.807) is 13.8 Å². The van der Waals surface area contributed by atoms with E-state index in [0.717, 1.165) is 19.1 Å². The van der Waals surface area contributed by atoms with Crippen LogP contribution in [0.3, 0.4) is 0 Å². The number of hydrogen-bond acceptors (Lipinski definition) is 4. The Morgan fingerprint density at radius 3 is 2.35 bits per heavy atom. The summed E-state index contributed by atoms with van der Waals surface area (Å²) in [6.07, 6.45) is 3.66. The highest BCUT2D eigenvalue weighted by Crippen LogP contribution is 2.13. The Labute approximate surface area is 104 Å². The van der Waals surface area contributed by atoms with Crippen LogP contribution in [0.25, 0.3) is 0 Å². The third-order valence-electron chi connectivity index (χ3n) is 2.90. The number of unbranched alkanes of at least 4 members (excludes halogenated alkanes) is 1. The Morgan fingerprint density at radius 1 is 1.41 bits per heavy atom. The molecule has 17 heavy (non-hydrogen) atoms. The van der Waals surface area contributed by atoms with Crippen LogP contribution in [0.5, 0.6) is 0 Å². The van der Waals surface area contributed by atoms with E-state index < -0.39 is 20.6 Å². The summed E-state index contributed by atoms with van der Waals surface area (Å²) in [7, 11) is -3.20. The van der Waals surface area contributed by atoms with Crippen LogP contribution in [0.1, 0.15) is 40.0 Å². The Hall–Kier alpha value is -0.620. The second-order valence-corrected chi connectivity index (χ2v) is 7.65. The molecular formula is C11H24N2O3S. The smallest absolute Gasteiger partial charge is 0.236 e. The molecule has 0 saturated carbocycles. The summed E-state index contributed by atoms with van der Waals surface area (Å²) >= 11 is 0. The number of sulfone groups is 1. The second kappa shape index (κ2) is 6.35. The summed E-state index contributed by atoms with van der Waals surface area (Å²) in [6.45, 7) is 5.28. The summed E-state index contributed by atoms with van der Waals surface area (Å²) in [6, 6.07) is -0.551. The molecule has 0 radical (unpaired) electrons. The highest BCUT2D eigenvalue weighted by Gasteiger charge is 2.30. The van der Waals surface area contributed by atoms with Crippen molar-refractivity contribution < 1.29 is 13.2 Å². The maximum atomic E-state index is 11.6. The van der Waals surface area contributed by atoms with E-state index in [1.807, 2.05) is 6.92 Å². The van der Waals surface area contributed by atoms with Crippen LogP contribution < -0.4 is 11.1 Å². The number of hydrogen-bond donors (Lipinski definition) is 2. The van der Waals surface area contributed by atoms with Crippen molar-refractivity contribution in [1.29, 1.82) is 0 Å². The van der Waals surface area contributed by atoms with Gasteiger partial charge in [0.2, 0.25) is 5.91 Å². The van der Waals surface area contributed by atoms with E-state index in [1.165, 1.54) is 0 Å². The zero-order valence-corrected chi connectivity index (χ0v) is 11.9. The summed E-state index contributed by atoms with van der Waals surface area (Å²) < 4.78 is 21.9. The zero-order valence-electron chi connectivity index (χ0n) is 11.1. The monoisotopic (exact) mass is 264 g/mol. The summed E-state index contributed by atoms with van der Waals surface area (Å²) in [4.78, 5) is 11.6. The highest BCUT2D eigenvalue weighted by molar-refractivity contribution is 7.92. The average Bonchev–Trinajstić information content (AvgIpc) is 2.20. The van der Waals surface area contributed by atoms with Gasteiger partial charge in [-0.3, -0.25) is 4.79 Å². The molecule has 1 amide bonds. The molecule has 0 rings (SSSR count). The topological polar surface area (TPSA) is 89.3 Å². The first-order chi connectivity index (χ1) is 7.62. The first-order valence-electron chi connectivity index (χ1n) is 5.84. The molecule has 0 fully saturated rings. The zero-order chi connectivity index (χ0) is 13.7. The molecule has 0 aliphatic rings. The highest BCUT2D eigenvalue weighted by atomic mass is 32.2. The van der Waals surface area contributed by atoms with E-state index in [0.29, 0.717) is 6.42 Å². The van der Waals surface area contributed by atoms with E-state index in [2.05, 4.69) is 5.32 Å². The van der Waals surface area contributed by atoms with Crippen LogP contribution >= 0.6 is 0 Å². The molecule has 0 aromatic heterocycles. The Kier molecular flexibility index (Phi) is 6.12. The molecule has 6 heteroatoms.